The molecule has 0 heterocycles. The van der Waals surface area contributed by atoms with Crippen molar-refractivity contribution in [3.8, 4) is 0 Å². The second kappa shape index (κ2) is 3.91. The fraction of sp³-hybridized carbons (Fsp3) is 1.00. The molecule has 1 aliphatic rings. The Morgan fingerprint density at radius 3 is 2.46 bits per heavy atom. The molecular formula is C7H16N2O3S. The van der Waals surface area contributed by atoms with Gasteiger partial charge >= 0.3 is 0 Å². The van der Waals surface area contributed by atoms with Crippen LogP contribution in [0.4, 0.5) is 0 Å². The lowest BCUT2D eigenvalue weighted by Crippen LogP contribution is -2.43. The van der Waals surface area contributed by atoms with Gasteiger partial charge in [0.25, 0.3) is 10.2 Å². The van der Waals surface area contributed by atoms with Crippen LogP contribution < -0.4 is 4.72 Å². The van der Waals surface area contributed by atoms with Crippen molar-refractivity contribution < 1.29 is 13.5 Å². The smallest absolute Gasteiger partial charge is 0.278 e. The van der Waals surface area contributed by atoms with Gasteiger partial charge in [-0.05, 0) is 18.8 Å². The molecule has 0 aromatic rings. The summed E-state index contributed by atoms with van der Waals surface area (Å²) in [5, 5.41) is 9.01. The van der Waals surface area contributed by atoms with E-state index in [0.717, 1.165) is 0 Å². The molecule has 0 spiro atoms. The van der Waals surface area contributed by atoms with Crippen LogP contribution in [0.5, 0.6) is 0 Å². The van der Waals surface area contributed by atoms with Gasteiger partial charge in [-0.2, -0.15) is 12.7 Å². The fourth-order valence-electron chi connectivity index (χ4n) is 1.47. The van der Waals surface area contributed by atoms with E-state index in [1.54, 1.807) is 0 Å². The van der Waals surface area contributed by atoms with Gasteiger partial charge in [0.1, 0.15) is 0 Å². The average Bonchev–Trinajstić information content (AvgIpc) is 2.01. The Balaban J connectivity index is 2.38. The van der Waals surface area contributed by atoms with Gasteiger partial charge in [-0.3, -0.25) is 0 Å². The molecule has 0 aliphatic heterocycles. The molecule has 0 unspecified atom stereocenters. The lowest BCUT2D eigenvalue weighted by molar-refractivity contribution is 0.0366. The third-order valence-electron chi connectivity index (χ3n) is 2.39. The van der Waals surface area contributed by atoms with Crippen LogP contribution in [0.25, 0.3) is 0 Å². The minimum absolute atomic E-state index is 0.226. The zero-order chi connectivity index (χ0) is 10.1. The third kappa shape index (κ3) is 2.63. The summed E-state index contributed by atoms with van der Waals surface area (Å²) in [5.74, 6) is 0.308. The Bertz CT molecular complexity index is 259. The molecule has 0 radical (unpaired) electrons. The molecule has 0 saturated heterocycles. The number of nitrogens with one attached hydrogen (secondary N) is 1. The SMILES string of the molecule is CNS(=O)(=O)N(C)CC1CC(O)C1. The molecule has 0 atom stereocenters. The molecule has 1 fully saturated rings. The first kappa shape index (κ1) is 10.9. The molecule has 13 heavy (non-hydrogen) atoms. The van der Waals surface area contributed by atoms with Crippen LogP contribution in [0.1, 0.15) is 12.8 Å². The van der Waals surface area contributed by atoms with E-state index in [9.17, 15) is 8.42 Å². The van der Waals surface area contributed by atoms with Crippen LogP contribution >= 0.6 is 0 Å². The van der Waals surface area contributed by atoms with Gasteiger partial charge in [0.05, 0.1) is 6.10 Å². The summed E-state index contributed by atoms with van der Waals surface area (Å²) in [6.07, 6.45) is 1.20. The zero-order valence-corrected chi connectivity index (χ0v) is 8.71. The summed E-state index contributed by atoms with van der Waals surface area (Å²) < 4.78 is 25.9. The summed E-state index contributed by atoms with van der Waals surface area (Å²) in [6.45, 7) is 0.486. The average molecular weight is 208 g/mol. The van der Waals surface area contributed by atoms with Gasteiger partial charge in [-0.1, -0.05) is 0 Å². The van der Waals surface area contributed by atoms with E-state index in [2.05, 4.69) is 4.72 Å². The third-order valence-corrected chi connectivity index (χ3v) is 3.88. The standard InChI is InChI=1S/C7H16N2O3S/c1-8-13(11,12)9(2)5-6-3-7(10)4-6/h6-8,10H,3-5H2,1-2H3. The normalized spacial score (nSPS) is 28.9. The Kier molecular flexibility index (Phi) is 3.28. The first-order valence-electron chi connectivity index (χ1n) is 4.28. The Labute approximate surface area is 78.9 Å². The van der Waals surface area contributed by atoms with Crippen molar-refractivity contribution in [2.45, 2.75) is 18.9 Å². The zero-order valence-electron chi connectivity index (χ0n) is 7.90. The van der Waals surface area contributed by atoms with Crippen LogP contribution in [0.15, 0.2) is 0 Å². The minimum atomic E-state index is -3.29. The number of hydrogen-bond donors (Lipinski definition) is 2. The van der Waals surface area contributed by atoms with Crippen molar-refractivity contribution in [1.82, 2.24) is 9.03 Å². The molecule has 2 N–H and O–H groups in total. The second-order valence-electron chi connectivity index (χ2n) is 3.48. The van der Waals surface area contributed by atoms with Crippen LogP contribution in [0.3, 0.4) is 0 Å². The van der Waals surface area contributed by atoms with E-state index in [-0.39, 0.29) is 6.10 Å². The van der Waals surface area contributed by atoms with Crippen LogP contribution in [-0.4, -0.2) is 44.6 Å². The number of rotatable bonds is 4. The largest absolute Gasteiger partial charge is 0.393 e. The van der Waals surface area contributed by atoms with Gasteiger partial charge in [0, 0.05) is 20.6 Å². The molecular weight excluding hydrogens is 192 g/mol. The fourth-order valence-corrected chi connectivity index (χ4v) is 2.19. The van der Waals surface area contributed by atoms with E-state index in [1.807, 2.05) is 0 Å². The maximum atomic E-state index is 11.2. The first-order valence-corrected chi connectivity index (χ1v) is 5.72. The minimum Gasteiger partial charge on any atom is -0.393 e. The molecule has 6 heteroatoms. The summed E-state index contributed by atoms with van der Waals surface area (Å²) in [5.41, 5.74) is 0. The van der Waals surface area contributed by atoms with Crippen LogP contribution in [0, 0.1) is 5.92 Å². The van der Waals surface area contributed by atoms with E-state index in [4.69, 9.17) is 5.11 Å². The first-order chi connectivity index (χ1) is 5.95. The number of hydrogen-bond acceptors (Lipinski definition) is 3. The van der Waals surface area contributed by atoms with Crippen LogP contribution in [-0.2, 0) is 10.2 Å². The van der Waals surface area contributed by atoms with Crippen molar-refractivity contribution >= 4 is 10.2 Å². The summed E-state index contributed by atoms with van der Waals surface area (Å²) in [7, 11) is -0.357. The van der Waals surface area contributed by atoms with E-state index < -0.39 is 10.2 Å². The van der Waals surface area contributed by atoms with E-state index >= 15 is 0 Å². The summed E-state index contributed by atoms with van der Waals surface area (Å²) in [6, 6.07) is 0. The number of nitrogens with zero attached hydrogens (tertiary/aromatic N) is 1. The van der Waals surface area contributed by atoms with Crippen molar-refractivity contribution in [2.24, 2.45) is 5.92 Å². The van der Waals surface area contributed by atoms with Gasteiger partial charge in [0.15, 0.2) is 0 Å². The molecule has 0 aromatic heterocycles. The summed E-state index contributed by atoms with van der Waals surface area (Å²) >= 11 is 0. The Morgan fingerprint density at radius 2 is 2.08 bits per heavy atom. The van der Waals surface area contributed by atoms with Crippen molar-refractivity contribution in [3.05, 3.63) is 0 Å². The van der Waals surface area contributed by atoms with Crippen molar-refractivity contribution in [3.63, 3.8) is 0 Å². The van der Waals surface area contributed by atoms with Crippen molar-refractivity contribution in [2.75, 3.05) is 20.6 Å². The highest BCUT2D eigenvalue weighted by Crippen LogP contribution is 2.27. The quantitative estimate of drug-likeness (QED) is 0.632. The van der Waals surface area contributed by atoms with Gasteiger partial charge in [0.2, 0.25) is 0 Å². The Hall–Kier alpha value is -0.170. The molecule has 78 valence electrons. The van der Waals surface area contributed by atoms with E-state index in [0.29, 0.717) is 25.3 Å². The monoisotopic (exact) mass is 208 g/mol. The van der Waals surface area contributed by atoms with Crippen molar-refractivity contribution in [1.29, 1.82) is 0 Å². The van der Waals surface area contributed by atoms with Gasteiger partial charge in [-0.25, -0.2) is 4.72 Å². The molecule has 0 amide bonds. The Morgan fingerprint density at radius 1 is 1.54 bits per heavy atom. The molecule has 0 bridgehead atoms. The lowest BCUT2D eigenvalue weighted by Gasteiger charge is -2.33. The number of aliphatic hydroxyl groups is 1. The highest BCUT2D eigenvalue weighted by Gasteiger charge is 2.30. The predicted octanol–water partition coefficient (Wildman–Crippen LogP) is -0.847. The molecule has 0 aromatic carbocycles. The molecule has 5 nitrogen and oxygen atoms in total. The topological polar surface area (TPSA) is 69.6 Å². The van der Waals surface area contributed by atoms with Crippen LogP contribution in [0.2, 0.25) is 0 Å². The van der Waals surface area contributed by atoms with Gasteiger partial charge < -0.3 is 5.11 Å². The molecule has 1 rings (SSSR count). The maximum Gasteiger partial charge on any atom is 0.278 e. The maximum absolute atomic E-state index is 11.2. The second-order valence-corrected chi connectivity index (χ2v) is 5.46. The predicted molar refractivity (Wildman–Crippen MR) is 49.3 cm³/mol. The highest BCUT2D eigenvalue weighted by atomic mass is 32.2. The van der Waals surface area contributed by atoms with E-state index in [1.165, 1.54) is 18.4 Å². The lowest BCUT2D eigenvalue weighted by atomic mass is 9.82. The highest BCUT2D eigenvalue weighted by molar-refractivity contribution is 7.87. The van der Waals surface area contributed by atoms with Gasteiger partial charge in [-0.15, -0.1) is 0 Å². The summed E-state index contributed by atoms with van der Waals surface area (Å²) in [4.78, 5) is 0. The molecule has 1 aliphatic carbocycles. The molecule has 1 saturated carbocycles. The number of aliphatic hydroxyl groups excluding tert-OH is 1.